The van der Waals surface area contributed by atoms with Gasteiger partial charge in [-0.1, -0.05) is 13.3 Å². The number of hydrogen-bond donors (Lipinski definition) is 1. The second-order valence-electron chi connectivity index (χ2n) is 4.89. The van der Waals surface area contributed by atoms with Gasteiger partial charge in [-0.2, -0.15) is 11.8 Å². The average molecular weight is 310 g/mol. The summed E-state index contributed by atoms with van der Waals surface area (Å²) in [5, 5.41) is 4.60. The standard InChI is InChI=1S/C15H23N3S2/c1-5-7-8-19-9-12-17-14(16-6-2)13-10(3)11(4)20-15(13)18-12/h5-9H2,1-4H3,(H,16,17,18). The molecule has 0 spiro atoms. The Morgan fingerprint density at radius 3 is 2.70 bits per heavy atom. The first-order valence-corrected chi connectivity index (χ1v) is 9.22. The summed E-state index contributed by atoms with van der Waals surface area (Å²) < 4.78 is 0. The molecule has 0 aliphatic carbocycles. The number of nitrogens with one attached hydrogen (secondary N) is 1. The molecule has 1 N–H and O–H groups in total. The smallest absolute Gasteiger partial charge is 0.142 e. The van der Waals surface area contributed by atoms with E-state index < -0.39 is 0 Å². The molecule has 5 heteroatoms. The van der Waals surface area contributed by atoms with Crippen LogP contribution in [0.3, 0.4) is 0 Å². The highest BCUT2D eigenvalue weighted by molar-refractivity contribution is 7.98. The van der Waals surface area contributed by atoms with E-state index in [0.29, 0.717) is 0 Å². The Hall–Kier alpha value is -0.810. The first-order valence-electron chi connectivity index (χ1n) is 7.25. The molecule has 2 heterocycles. The summed E-state index contributed by atoms with van der Waals surface area (Å²) in [5.74, 6) is 4.06. The lowest BCUT2D eigenvalue weighted by atomic mass is 10.2. The van der Waals surface area contributed by atoms with Gasteiger partial charge in [-0.3, -0.25) is 0 Å². The number of aromatic nitrogens is 2. The van der Waals surface area contributed by atoms with Crippen molar-refractivity contribution in [1.82, 2.24) is 9.97 Å². The topological polar surface area (TPSA) is 37.8 Å². The van der Waals surface area contributed by atoms with Gasteiger partial charge in [0.2, 0.25) is 0 Å². The zero-order chi connectivity index (χ0) is 14.5. The Morgan fingerprint density at radius 1 is 1.20 bits per heavy atom. The molecule has 0 radical (unpaired) electrons. The van der Waals surface area contributed by atoms with Gasteiger partial charge in [0.1, 0.15) is 16.5 Å². The van der Waals surface area contributed by atoms with Crippen LogP contribution in [0.5, 0.6) is 0 Å². The number of fused-ring (bicyclic) bond motifs is 1. The van der Waals surface area contributed by atoms with E-state index in [4.69, 9.17) is 9.97 Å². The third kappa shape index (κ3) is 3.44. The summed E-state index contributed by atoms with van der Waals surface area (Å²) in [6.45, 7) is 9.55. The fraction of sp³-hybridized carbons (Fsp3) is 0.600. The Morgan fingerprint density at radius 2 is 2.00 bits per heavy atom. The molecule has 0 aliphatic heterocycles. The van der Waals surface area contributed by atoms with Gasteiger partial charge in [0.05, 0.1) is 11.1 Å². The summed E-state index contributed by atoms with van der Waals surface area (Å²) in [5.41, 5.74) is 1.31. The van der Waals surface area contributed by atoms with Crippen LogP contribution >= 0.6 is 23.1 Å². The number of thioether (sulfide) groups is 1. The first-order chi connectivity index (χ1) is 9.67. The van der Waals surface area contributed by atoms with E-state index in [2.05, 4.69) is 33.0 Å². The van der Waals surface area contributed by atoms with Gasteiger partial charge in [-0.25, -0.2) is 9.97 Å². The third-order valence-electron chi connectivity index (χ3n) is 3.29. The minimum Gasteiger partial charge on any atom is -0.370 e. The van der Waals surface area contributed by atoms with Crippen molar-refractivity contribution in [2.24, 2.45) is 0 Å². The van der Waals surface area contributed by atoms with Gasteiger partial charge in [-0.15, -0.1) is 11.3 Å². The van der Waals surface area contributed by atoms with Crippen LogP contribution in [0.2, 0.25) is 0 Å². The monoisotopic (exact) mass is 309 g/mol. The predicted molar refractivity (Wildman–Crippen MR) is 92.1 cm³/mol. The minimum absolute atomic E-state index is 0.892. The molecule has 0 saturated carbocycles. The number of aryl methyl sites for hydroxylation is 2. The van der Waals surface area contributed by atoms with E-state index in [0.717, 1.165) is 28.8 Å². The van der Waals surface area contributed by atoms with E-state index >= 15 is 0 Å². The van der Waals surface area contributed by atoms with Gasteiger partial charge in [0.15, 0.2) is 0 Å². The fourth-order valence-corrected chi connectivity index (χ4v) is 4.06. The first kappa shape index (κ1) is 15.6. The van der Waals surface area contributed by atoms with Crippen LogP contribution in [0.1, 0.15) is 43.0 Å². The van der Waals surface area contributed by atoms with Crippen LogP contribution in [0.4, 0.5) is 5.82 Å². The molecule has 2 aromatic rings. The number of thiophene rings is 1. The maximum atomic E-state index is 4.74. The number of hydrogen-bond acceptors (Lipinski definition) is 5. The van der Waals surface area contributed by atoms with Crippen LogP contribution < -0.4 is 5.32 Å². The minimum atomic E-state index is 0.892. The van der Waals surface area contributed by atoms with Crippen LogP contribution in [0, 0.1) is 13.8 Å². The van der Waals surface area contributed by atoms with Crippen molar-refractivity contribution in [3.8, 4) is 0 Å². The van der Waals surface area contributed by atoms with Crippen molar-refractivity contribution in [3.63, 3.8) is 0 Å². The Balaban J connectivity index is 2.28. The van der Waals surface area contributed by atoms with Crippen LogP contribution in [0.15, 0.2) is 0 Å². The van der Waals surface area contributed by atoms with E-state index in [1.54, 1.807) is 11.3 Å². The zero-order valence-electron chi connectivity index (χ0n) is 12.7. The molecule has 0 saturated heterocycles. The van der Waals surface area contributed by atoms with Gasteiger partial charge < -0.3 is 5.32 Å². The molecule has 0 aromatic carbocycles. The second kappa shape index (κ2) is 7.27. The highest BCUT2D eigenvalue weighted by atomic mass is 32.2. The van der Waals surface area contributed by atoms with Crippen LogP contribution in [-0.4, -0.2) is 22.3 Å². The summed E-state index contributed by atoms with van der Waals surface area (Å²) in [6, 6.07) is 0. The summed E-state index contributed by atoms with van der Waals surface area (Å²) in [6.07, 6.45) is 2.52. The number of rotatable bonds is 7. The highest BCUT2D eigenvalue weighted by Gasteiger charge is 2.14. The second-order valence-corrected chi connectivity index (χ2v) is 7.20. The van der Waals surface area contributed by atoms with Crippen molar-refractivity contribution in [1.29, 1.82) is 0 Å². The molecular weight excluding hydrogens is 286 g/mol. The zero-order valence-corrected chi connectivity index (χ0v) is 14.4. The van der Waals surface area contributed by atoms with Crippen molar-refractivity contribution in [2.45, 2.75) is 46.3 Å². The van der Waals surface area contributed by atoms with E-state index in [1.807, 2.05) is 11.8 Å². The summed E-state index contributed by atoms with van der Waals surface area (Å²) in [7, 11) is 0. The molecular formula is C15H23N3S2. The maximum Gasteiger partial charge on any atom is 0.142 e. The molecule has 110 valence electrons. The molecule has 0 amide bonds. The largest absolute Gasteiger partial charge is 0.370 e. The van der Waals surface area contributed by atoms with Crippen LogP contribution in [-0.2, 0) is 5.75 Å². The molecule has 0 bridgehead atoms. The predicted octanol–water partition coefficient (Wildman–Crippen LogP) is 4.77. The molecule has 0 aliphatic rings. The van der Waals surface area contributed by atoms with Gasteiger partial charge in [0.25, 0.3) is 0 Å². The summed E-state index contributed by atoms with van der Waals surface area (Å²) in [4.78, 5) is 11.9. The lowest BCUT2D eigenvalue weighted by Gasteiger charge is -2.08. The van der Waals surface area contributed by atoms with Gasteiger partial charge in [0, 0.05) is 11.4 Å². The van der Waals surface area contributed by atoms with Crippen LogP contribution in [0.25, 0.3) is 10.2 Å². The van der Waals surface area contributed by atoms with Gasteiger partial charge in [-0.05, 0) is 38.5 Å². The van der Waals surface area contributed by atoms with Crippen molar-refractivity contribution >= 4 is 39.1 Å². The molecule has 20 heavy (non-hydrogen) atoms. The SMILES string of the molecule is CCCCSCc1nc(NCC)c2c(C)c(C)sc2n1. The lowest BCUT2D eigenvalue weighted by Crippen LogP contribution is -2.04. The summed E-state index contributed by atoms with van der Waals surface area (Å²) >= 11 is 3.71. The van der Waals surface area contributed by atoms with Crippen molar-refractivity contribution < 1.29 is 0 Å². The quantitative estimate of drug-likeness (QED) is 0.747. The third-order valence-corrected chi connectivity index (χ3v) is 5.43. The van der Waals surface area contributed by atoms with Crippen molar-refractivity contribution in [3.05, 3.63) is 16.3 Å². The molecule has 0 atom stereocenters. The lowest BCUT2D eigenvalue weighted by molar-refractivity contribution is 0.895. The normalized spacial score (nSPS) is 11.2. The Kier molecular flexibility index (Phi) is 5.66. The highest BCUT2D eigenvalue weighted by Crippen LogP contribution is 2.33. The molecule has 2 aromatic heterocycles. The number of anilines is 1. The molecule has 0 unspecified atom stereocenters. The Bertz CT molecular complexity index is 578. The molecule has 0 fully saturated rings. The van der Waals surface area contributed by atoms with E-state index in [9.17, 15) is 0 Å². The molecule has 2 rings (SSSR count). The average Bonchev–Trinajstić information content (AvgIpc) is 2.71. The Labute approximate surface area is 129 Å². The number of nitrogens with zero attached hydrogens (tertiary/aromatic N) is 2. The van der Waals surface area contributed by atoms with E-state index in [1.165, 1.54) is 34.4 Å². The van der Waals surface area contributed by atoms with E-state index in [-0.39, 0.29) is 0 Å². The maximum absolute atomic E-state index is 4.74. The molecule has 3 nitrogen and oxygen atoms in total. The number of unbranched alkanes of at least 4 members (excludes halogenated alkanes) is 1. The van der Waals surface area contributed by atoms with Gasteiger partial charge >= 0.3 is 0 Å². The van der Waals surface area contributed by atoms with Crippen molar-refractivity contribution in [2.75, 3.05) is 17.6 Å². The fourth-order valence-electron chi connectivity index (χ4n) is 2.06.